The summed E-state index contributed by atoms with van der Waals surface area (Å²) in [6, 6.07) is 0. The monoisotopic (exact) mass is 250 g/mol. The number of hydrogen-bond acceptors (Lipinski definition) is 2. The molecule has 0 radical (unpaired) electrons. The minimum absolute atomic E-state index is 0.121. The first-order valence-corrected chi connectivity index (χ1v) is 6.31. The van der Waals surface area contributed by atoms with Gasteiger partial charge in [0.15, 0.2) is 0 Å². The van der Waals surface area contributed by atoms with Crippen LogP contribution in [0.5, 0.6) is 0 Å². The maximum absolute atomic E-state index is 6.99. The summed E-state index contributed by atoms with van der Waals surface area (Å²) in [6.45, 7) is 0. The number of nitrogens with one attached hydrogen (secondary N) is 2. The standard InChI is InChI=1S/C12H22N6/c13-11(14)17-7-5-9-1-2-10(4-3-9)6-8-18-12(15)16/h7-10H,1-6H2,(H3,13,14)(H3,15,16). The van der Waals surface area contributed by atoms with E-state index in [4.69, 9.17) is 22.3 Å². The van der Waals surface area contributed by atoms with Gasteiger partial charge < -0.3 is 11.5 Å². The smallest absolute Gasteiger partial charge is 0.212 e. The Labute approximate surface area is 108 Å². The molecule has 0 bridgehead atoms. The Hall–Kier alpha value is -1.72. The number of guanidine groups is 2. The molecule has 6 N–H and O–H groups in total. The molecule has 0 heterocycles. The van der Waals surface area contributed by atoms with Gasteiger partial charge in [0.2, 0.25) is 11.9 Å². The van der Waals surface area contributed by atoms with E-state index in [0.29, 0.717) is 11.8 Å². The van der Waals surface area contributed by atoms with Gasteiger partial charge in [-0.3, -0.25) is 10.8 Å². The highest BCUT2D eigenvalue weighted by Gasteiger charge is 2.19. The van der Waals surface area contributed by atoms with E-state index in [-0.39, 0.29) is 11.9 Å². The molecule has 0 amide bonds. The lowest BCUT2D eigenvalue weighted by Crippen LogP contribution is -2.16. The first kappa shape index (κ1) is 14.3. The van der Waals surface area contributed by atoms with E-state index >= 15 is 0 Å². The molecule has 0 atom stereocenters. The van der Waals surface area contributed by atoms with Crippen molar-refractivity contribution in [3.63, 3.8) is 0 Å². The summed E-state index contributed by atoms with van der Waals surface area (Å²) < 4.78 is 0. The van der Waals surface area contributed by atoms with Crippen molar-refractivity contribution in [3.05, 3.63) is 0 Å². The van der Waals surface area contributed by atoms with Crippen molar-refractivity contribution in [3.8, 4) is 0 Å². The van der Waals surface area contributed by atoms with E-state index in [9.17, 15) is 0 Å². The fraction of sp³-hybridized carbons (Fsp3) is 0.667. The van der Waals surface area contributed by atoms with E-state index in [1.165, 1.54) is 25.7 Å². The van der Waals surface area contributed by atoms with Crippen LogP contribution in [-0.4, -0.2) is 24.3 Å². The number of nitrogens with two attached hydrogens (primary N) is 2. The van der Waals surface area contributed by atoms with Crippen LogP contribution in [0.15, 0.2) is 9.98 Å². The van der Waals surface area contributed by atoms with E-state index < -0.39 is 0 Å². The molecule has 0 spiro atoms. The molecule has 1 saturated carbocycles. The Balaban J connectivity index is 2.20. The number of aliphatic imine (C=N–C) groups is 2. The molecule has 1 aliphatic rings. The van der Waals surface area contributed by atoms with E-state index in [2.05, 4.69) is 9.98 Å². The summed E-state index contributed by atoms with van der Waals surface area (Å²) in [7, 11) is 0. The van der Waals surface area contributed by atoms with Gasteiger partial charge in [0.25, 0.3) is 0 Å². The summed E-state index contributed by atoms with van der Waals surface area (Å²) in [5.74, 6) is 1.08. The quantitative estimate of drug-likeness (QED) is 0.446. The van der Waals surface area contributed by atoms with Gasteiger partial charge in [-0.1, -0.05) is 0 Å². The molecule has 0 aromatic heterocycles. The molecule has 18 heavy (non-hydrogen) atoms. The fourth-order valence-electron chi connectivity index (χ4n) is 2.30. The molecule has 0 saturated heterocycles. The summed E-state index contributed by atoms with van der Waals surface area (Å²) in [6.07, 6.45) is 10.1. The normalized spacial score (nSPS) is 24.7. The van der Waals surface area contributed by atoms with Gasteiger partial charge in [-0.25, -0.2) is 9.98 Å². The van der Waals surface area contributed by atoms with Gasteiger partial charge in [-0.05, 0) is 50.4 Å². The molecular weight excluding hydrogens is 228 g/mol. The average molecular weight is 250 g/mol. The molecule has 6 nitrogen and oxygen atoms in total. The van der Waals surface area contributed by atoms with Crippen LogP contribution in [0.25, 0.3) is 0 Å². The topological polar surface area (TPSA) is 124 Å². The molecule has 100 valence electrons. The lowest BCUT2D eigenvalue weighted by Gasteiger charge is -2.26. The SMILES string of the molecule is N=C(N)N=CCC1CCC(CC=NC(=N)N)CC1. The molecule has 1 rings (SSSR count). The first-order valence-electron chi connectivity index (χ1n) is 6.31. The predicted octanol–water partition coefficient (Wildman–Crippen LogP) is 1.50. The molecule has 1 aliphatic carbocycles. The zero-order valence-electron chi connectivity index (χ0n) is 10.6. The average Bonchev–Trinajstić information content (AvgIpc) is 2.30. The highest BCUT2D eigenvalue weighted by atomic mass is 15.0. The van der Waals surface area contributed by atoms with Crippen molar-refractivity contribution in [1.29, 1.82) is 10.8 Å². The predicted molar refractivity (Wildman–Crippen MR) is 75.5 cm³/mol. The third-order valence-electron chi connectivity index (χ3n) is 3.30. The maximum atomic E-state index is 6.99. The first-order chi connectivity index (χ1) is 8.58. The largest absolute Gasteiger partial charge is 0.368 e. The second-order valence-electron chi connectivity index (χ2n) is 4.75. The highest BCUT2D eigenvalue weighted by Crippen LogP contribution is 2.31. The van der Waals surface area contributed by atoms with Gasteiger partial charge >= 0.3 is 0 Å². The van der Waals surface area contributed by atoms with Crippen LogP contribution in [-0.2, 0) is 0 Å². The van der Waals surface area contributed by atoms with Crippen molar-refractivity contribution < 1.29 is 0 Å². The number of hydrogen-bond donors (Lipinski definition) is 4. The number of nitrogens with zero attached hydrogens (tertiary/aromatic N) is 2. The molecular formula is C12H22N6. The third kappa shape index (κ3) is 6.12. The second-order valence-corrected chi connectivity index (χ2v) is 4.75. The molecule has 1 fully saturated rings. The lowest BCUT2D eigenvalue weighted by atomic mass is 9.79. The zero-order chi connectivity index (χ0) is 13.4. The van der Waals surface area contributed by atoms with E-state index in [1.54, 1.807) is 12.4 Å². The Morgan fingerprint density at radius 3 is 1.50 bits per heavy atom. The second kappa shape index (κ2) is 7.58. The zero-order valence-corrected chi connectivity index (χ0v) is 10.6. The van der Waals surface area contributed by atoms with Gasteiger partial charge in [-0.15, -0.1) is 0 Å². The minimum atomic E-state index is -0.121. The molecule has 6 heteroatoms. The Morgan fingerprint density at radius 2 is 1.22 bits per heavy atom. The van der Waals surface area contributed by atoms with Crippen LogP contribution < -0.4 is 11.5 Å². The van der Waals surface area contributed by atoms with Crippen LogP contribution in [0.1, 0.15) is 38.5 Å². The van der Waals surface area contributed by atoms with Crippen LogP contribution in [0, 0.1) is 22.7 Å². The fourth-order valence-corrected chi connectivity index (χ4v) is 2.30. The minimum Gasteiger partial charge on any atom is -0.368 e. The molecule has 0 aromatic rings. The van der Waals surface area contributed by atoms with Gasteiger partial charge in [0.1, 0.15) is 0 Å². The van der Waals surface area contributed by atoms with Crippen molar-refractivity contribution in [2.45, 2.75) is 38.5 Å². The number of rotatable bonds is 4. The summed E-state index contributed by atoms with van der Waals surface area (Å²) in [5.41, 5.74) is 10.3. The summed E-state index contributed by atoms with van der Waals surface area (Å²) in [5, 5.41) is 14.0. The van der Waals surface area contributed by atoms with E-state index in [0.717, 1.165) is 12.8 Å². The highest BCUT2D eigenvalue weighted by molar-refractivity contribution is 5.84. The van der Waals surface area contributed by atoms with Crippen LogP contribution in [0.3, 0.4) is 0 Å². The Morgan fingerprint density at radius 1 is 0.889 bits per heavy atom. The van der Waals surface area contributed by atoms with Crippen molar-refractivity contribution in [2.75, 3.05) is 0 Å². The Bertz CT molecular complexity index is 304. The maximum Gasteiger partial charge on any atom is 0.212 e. The van der Waals surface area contributed by atoms with Crippen molar-refractivity contribution in [1.82, 2.24) is 0 Å². The summed E-state index contributed by atoms with van der Waals surface area (Å²) >= 11 is 0. The van der Waals surface area contributed by atoms with Crippen LogP contribution >= 0.6 is 0 Å². The van der Waals surface area contributed by atoms with Crippen LogP contribution in [0.2, 0.25) is 0 Å². The van der Waals surface area contributed by atoms with E-state index in [1.807, 2.05) is 0 Å². The van der Waals surface area contributed by atoms with Crippen molar-refractivity contribution in [2.24, 2.45) is 33.3 Å². The van der Waals surface area contributed by atoms with Gasteiger partial charge in [0.05, 0.1) is 0 Å². The van der Waals surface area contributed by atoms with Gasteiger partial charge in [-0.2, -0.15) is 0 Å². The Kier molecular flexibility index (Phi) is 6.04. The van der Waals surface area contributed by atoms with Crippen molar-refractivity contribution >= 4 is 24.3 Å². The molecule has 0 aliphatic heterocycles. The molecule has 0 unspecified atom stereocenters. The lowest BCUT2D eigenvalue weighted by molar-refractivity contribution is 0.288. The van der Waals surface area contributed by atoms with Crippen LogP contribution in [0.4, 0.5) is 0 Å². The summed E-state index contributed by atoms with van der Waals surface area (Å²) in [4.78, 5) is 7.57. The molecule has 0 aromatic carbocycles. The third-order valence-corrected chi connectivity index (χ3v) is 3.30. The van der Waals surface area contributed by atoms with Gasteiger partial charge in [0, 0.05) is 12.4 Å².